The first kappa shape index (κ1) is 15.9. The second-order valence-electron chi connectivity index (χ2n) is 8.20. The van der Waals surface area contributed by atoms with Crippen LogP contribution in [0.15, 0.2) is 48.5 Å². The Hall–Kier alpha value is -2.29. The molecule has 0 saturated heterocycles. The summed E-state index contributed by atoms with van der Waals surface area (Å²) < 4.78 is 10.5. The summed E-state index contributed by atoms with van der Waals surface area (Å²) in [7, 11) is 3.37. The van der Waals surface area contributed by atoms with E-state index in [4.69, 9.17) is 9.47 Å². The van der Waals surface area contributed by atoms with Gasteiger partial charge in [0.05, 0.1) is 14.2 Å². The minimum absolute atomic E-state index is 0.0875. The van der Waals surface area contributed by atoms with Crippen LogP contribution in [-0.4, -0.2) is 20.0 Å². The highest BCUT2D eigenvalue weighted by atomic mass is 16.5. The van der Waals surface area contributed by atoms with E-state index in [0.717, 1.165) is 37.2 Å². The summed E-state index contributed by atoms with van der Waals surface area (Å²) in [5.41, 5.74) is 2.40. The molecule has 0 heterocycles. The SMILES string of the molecule is COc1ccc(C2CC23CCC2(CC2c2ccc(OC)cc2)C3=O)cc1. The summed E-state index contributed by atoms with van der Waals surface area (Å²) in [6.45, 7) is 0. The van der Waals surface area contributed by atoms with Crippen LogP contribution in [0, 0.1) is 10.8 Å². The first-order valence-electron chi connectivity index (χ1n) is 9.46. The first-order chi connectivity index (χ1) is 12.6. The smallest absolute Gasteiger partial charge is 0.146 e. The fraction of sp³-hybridized carbons (Fsp3) is 0.435. The van der Waals surface area contributed by atoms with E-state index in [-0.39, 0.29) is 10.8 Å². The number of methoxy groups -OCH3 is 2. The molecule has 3 heteroatoms. The summed E-state index contributed by atoms with van der Waals surface area (Å²) in [6.07, 6.45) is 4.15. The van der Waals surface area contributed by atoms with Gasteiger partial charge in [0, 0.05) is 10.8 Å². The van der Waals surface area contributed by atoms with Crippen LogP contribution in [0.4, 0.5) is 0 Å². The van der Waals surface area contributed by atoms with Gasteiger partial charge in [0.15, 0.2) is 0 Å². The van der Waals surface area contributed by atoms with Gasteiger partial charge in [-0.1, -0.05) is 24.3 Å². The molecule has 0 aliphatic heterocycles. The van der Waals surface area contributed by atoms with Crippen molar-refractivity contribution in [3.05, 3.63) is 59.7 Å². The topological polar surface area (TPSA) is 35.5 Å². The lowest BCUT2D eigenvalue weighted by atomic mass is 9.91. The third kappa shape index (κ3) is 2.09. The maximum absolute atomic E-state index is 13.4. The molecule has 3 aliphatic carbocycles. The standard InChI is InChI=1S/C23H24O3/c1-25-17-7-3-15(4-8-17)19-13-22(19)11-12-23(21(22)24)14-20(23)16-5-9-18(26-2)10-6-16/h3-10,19-20H,11-14H2,1-2H3. The van der Waals surface area contributed by atoms with Crippen LogP contribution in [0.3, 0.4) is 0 Å². The van der Waals surface area contributed by atoms with Crippen LogP contribution in [0.25, 0.3) is 0 Å². The Kier molecular flexibility index (Phi) is 3.28. The van der Waals surface area contributed by atoms with E-state index in [9.17, 15) is 4.79 Å². The fourth-order valence-electron chi connectivity index (χ4n) is 5.38. The highest BCUT2D eigenvalue weighted by molar-refractivity contribution is 5.99. The maximum Gasteiger partial charge on any atom is 0.146 e. The molecule has 3 aliphatic rings. The largest absolute Gasteiger partial charge is 0.497 e. The molecular formula is C23H24O3. The lowest BCUT2D eigenvalue weighted by Gasteiger charge is -2.12. The fourth-order valence-corrected chi connectivity index (χ4v) is 5.38. The minimum atomic E-state index is -0.0875. The number of rotatable bonds is 4. The van der Waals surface area contributed by atoms with Crippen LogP contribution >= 0.6 is 0 Å². The molecule has 0 aromatic heterocycles. The first-order valence-corrected chi connectivity index (χ1v) is 9.46. The Morgan fingerprint density at radius 3 is 1.46 bits per heavy atom. The Morgan fingerprint density at radius 2 is 1.12 bits per heavy atom. The number of carbonyl (C=O) groups is 1. The number of Topliss-reactive ketones (excluding diaryl/α,β-unsaturated/α-hetero) is 1. The van der Waals surface area contributed by atoms with Gasteiger partial charge < -0.3 is 9.47 Å². The molecule has 5 rings (SSSR count). The molecule has 2 spiro atoms. The van der Waals surface area contributed by atoms with E-state index < -0.39 is 0 Å². The number of ketones is 1. The Morgan fingerprint density at radius 1 is 0.731 bits per heavy atom. The van der Waals surface area contributed by atoms with Gasteiger partial charge in [-0.3, -0.25) is 4.79 Å². The van der Waals surface area contributed by atoms with Gasteiger partial charge in [0.2, 0.25) is 0 Å². The molecule has 26 heavy (non-hydrogen) atoms. The molecule has 0 amide bonds. The van der Waals surface area contributed by atoms with Gasteiger partial charge >= 0.3 is 0 Å². The van der Waals surface area contributed by atoms with Crippen LogP contribution in [0.1, 0.15) is 48.6 Å². The number of hydrogen-bond acceptors (Lipinski definition) is 3. The highest BCUT2D eigenvalue weighted by Gasteiger charge is 2.75. The third-order valence-electron chi connectivity index (χ3n) is 7.11. The molecule has 0 N–H and O–H groups in total. The molecule has 2 aromatic carbocycles. The Bertz CT molecular complexity index is 783. The predicted molar refractivity (Wildman–Crippen MR) is 99.8 cm³/mol. The zero-order valence-corrected chi connectivity index (χ0v) is 15.3. The van der Waals surface area contributed by atoms with Gasteiger partial charge in [0.25, 0.3) is 0 Å². The van der Waals surface area contributed by atoms with Crippen molar-refractivity contribution in [1.82, 2.24) is 0 Å². The Labute approximate surface area is 154 Å². The maximum atomic E-state index is 13.4. The van der Waals surface area contributed by atoms with E-state index in [1.165, 1.54) is 11.1 Å². The van der Waals surface area contributed by atoms with Gasteiger partial charge in [-0.2, -0.15) is 0 Å². The van der Waals surface area contributed by atoms with Gasteiger partial charge in [-0.15, -0.1) is 0 Å². The summed E-state index contributed by atoms with van der Waals surface area (Å²) >= 11 is 0. The van der Waals surface area contributed by atoms with Crippen molar-refractivity contribution in [2.75, 3.05) is 14.2 Å². The van der Waals surface area contributed by atoms with Crippen molar-refractivity contribution in [2.45, 2.75) is 37.5 Å². The molecular weight excluding hydrogens is 324 g/mol. The van der Waals surface area contributed by atoms with E-state index in [1.54, 1.807) is 14.2 Å². The summed E-state index contributed by atoms with van der Waals surface area (Å²) in [4.78, 5) is 13.4. The van der Waals surface area contributed by atoms with Crippen molar-refractivity contribution >= 4 is 5.78 Å². The monoisotopic (exact) mass is 348 g/mol. The van der Waals surface area contributed by atoms with Crippen molar-refractivity contribution in [3.63, 3.8) is 0 Å². The average Bonchev–Trinajstić information content (AvgIpc) is 3.58. The normalized spacial score (nSPS) is 34.3. The van der Waals surface area contributed by atoms with E-state index >= 15 is 0 Å². The summed E-state index contributed by atoms with van der Waals surface area (Å²) in [6, 6.07) is 16.5. The van der Waals surface area contributed by atoms with Gasteiger partial charge in [-0.05, 0) is 72.9 Å². The average molecular weight is 348 g/mol. The van der Waals surface area contributed by atoms with Crippen LogP contribution in [-0.2, 0) is 4.79 Å². The second kappa shape index (κ2) is 5.35. The lowest BCUT2D eigenvalue weighted by molar-refractivity contribution is -0.126. The number of ether oxygens (including phenoxy) is 2. The molecule has 0 bridgehead atoms. The molecule has 4 atom stereocenters. The van der Waals surface area contributed by atoms with Crippen molar-refractivity contribution < 1.29 is 14.3 Å². The van der Waals surface area contributed by atoms with Crippen LogP contribution in [0.5, 0.6) is 11.5 Å². The van der Waals surface area contributed by atoms with Crippen LogP contribution < -0.4 is 9.47 Å². The van der Waals surface area contributed by atoms with E-state index in [1.807, 2.05) is 24.3 Å². The third-order valence-corrected chi connectivity index (χ3v) is 7.11. The minimum Gasteiger partial charge on any atom is -0.497 e. The second-order valence-corrected chi connectivity index (χ2v) is 8.20. The molecule has 3 saturated carbocycles. The van der Waals surface area contributed by atoms with Crippen molar-refractivity contribution in [1.29, 1.82) is 0 Å². The molecule has 4 unspecified atom stereocenters. The zero-order chi connectivity index (χ0) is 17.9. The zero-order valence-electron chi connectivity index (χ0n) is 15.3. The van der Waals surface area contributed by atoms with Gasteiger partial charge in [-0.25, -0.2) is 0 Å². The molecule has 3 nitrogen and oxygen atoms in total. The predicted octanol–water partition coefficient (Wildman–Crippen LogP) is 4.71. The molecule has 2 aromatic rings. The van der Waals surface area contributed by atoms with Crippen LogP contribution in [0.2, 0.25) is 0 Å². The van der Waals surface area contributed by atoms with Gasteiger partial charge in [0.1, 0.15) is 17.3 Å². The lowest BCUT2D eigenvalue weighted by Crippen LogP contribution is -2.19. The van der Waals surface area contributed by atoms with E-state index in [2.05, 4.69) is 24.3 Å². The number of hydrogen-bond donors (Lipinski definition) is 0. The Balaban J connectivity index is 1.35. The summed E-state index contributed by atoms with van der Waals surface area (Å²) in [5.74, 6) is 3.08. The highest BCUT2D eigenvalue weighted by Crippen LogP contribution is 2.78. The van der Waals surface area contributed by atoms with Crippen molar-refractivity contribution in [2.24, 2.45) is 10.8 Å². The molecule has 3 fully saturated rings. The van der Waals surface area contributed by atoms with E-state index in [0.29, 0.717) is 17.6 Å². The molecule has 134 valence electrons. The molecule has 0 radical (unpaired) electrons. The van der Waals surface area contributed by atoms with Crippen molar-refractivity contribution in [3.8, 4) is 11.5 Å². The number of carbonyl (C=O) groups excluding carboxylic acids is 1. The summed E-state index contributed by atoms with van der Waals surface area (Å²) in [5, 5.41) is 0. The quantitative estimate of drug-likeness (QED) is 0.802. The number of benzene rings is 2.